The van der Waals surface area contributed by atoms with Gasteiger partial charge in [0.15, 0.2) is 5.82 Å². The van der Waals surface area contributed by atoms with E-state index in [0.717, 1.165) is 111 Å². The normalized spacial score (nSPS) is 21.5. The van der Waals surface area contributed by atoms with Crippen molar-refractivity contribution in [2.75, 3.05) is 81.0 Å². The van der Waals surface area contributed by atoms with Crippen LogP contribution >= 0.6 is 11.3 Å². The van der Waals surface area contributed by atoms with E-state index >= 15 is 0 Å². The molecule has 386 valence electrons. The molecule has 0 saturated carbocycles. The number of benzene rings is 2. The summed E-state index contributed by atoms with van der Waals surface area (Å²) in [6.07, 6.45) is 4.50. The highest BCUT2D eigenvalue weighted by molar-refractivity contribution is 7.13. The number of amides is 1. The van der Waals surface area contributed by atoms with Crippen molar-refractivity contribution in [3.05, 3.63) is 107 Å². The summed E-state index contributed by atoms with van der Waals surface area (Å²) in [6, 6.07) is 23.3. The van der Waals surface area contributed by atoms with Gasteiger partial charge < -0.3 is 50.3 Å². The van der Waals surface area contributed by atoms with Crippen molar-refractivity contribution >= 4 is 34.4 Å². The van der Waals surface area contributed by atoms with Crippen LogP contribution in [0.4, 0.5) is 17.2 Å². The Balaban J connectivity index is 0.650. The molecule has 0 aliphatic carbocycles. The maximum atomic E-state index is 13.6. The molecule has 6 atom stereocenters. The Kier molecular flexibility index (Phi) is 15.5. The lowest BCUT2D eigenvalue weighted by Crippen LogP contribution is -2.54. The summed E-state index contributed by atoms with van der Waals surface area (Å²) in [4.78, 5) is 35.4. The third-order valence-corrected chi connectivity index (χ3v) is 16.2. The number of fused-ring (bicyclic) bond motifs is 2. The van der Waals surface area contributed by atoms with Gasteiger partial charge >= 0.3 is 0 Å². The van der Waals surface area contributed by atoms with Crippen molar-refractivity contribution in [2.45, 2.75) is 95.8 Å². The molecule has 0 radical (unpaired) electrons. The number of aromatic nitrogens is 5. The number of carbonyl (C=O) groups excluding carboxylic acids is 1. The average Bonchev–Trinajstić information content (AvgIpc) is 4.20. The SMILES string of the molecule is Cc1ncsc1-c1ccc(CNC(=O)[C@@H]2C[C@@H](O)CN2C(O)C(c2cc(OCCN3CCN(CCCc4cc(N5C6CCC5CN(c5cc(-c7ccccc7O)nnc5N)C6)ccn4)CC3)no2)C(C)C)cc1. The number of thiazole rings is 1. The van der Waals surface area contributed by atoms with E-state index in [1.807, 2.05) is 74.9 Å². The van der Waals surface area contributed by atoms with Crippen LogP contribution in [-0.4, -0.2) is 157 Å². The van der Waals surface area contributed by atoms with Gasteiger partial charge in [-0.15, -0.1) is 21.5 Å². The minimum Gasteiger partial charge on any atom is -0.507 e. The third kappa shape index (κ3) is 11.5. The number of nitrogens with two attached hydrogens (primary N) is 1. The van der Waals surface area contributed by atoms with Crippen LogP contribution in [0.2, 0.25) is 0 Å². The molecule has 6 aromatic rings. The molecule has 0 spiro atoms. The number of ether oxygens (including phenoxy) is 1. The number of rotatable bonds is 19. The predicted molar refractivity (Wildman–Crippen MR) is 281 cm³/mol. The highest BCUT2D eigenvalue weighted by Gasteiger charge is 2.44. The molecule has 4 unspecified atom stereocenters. The molecular formula is C54H68N12O6S. The number of hydrogen-bond acceptors (Lipinski definition) is 18. The Bertz CT molecular complexity index is 2790. The smallest absolute Gasteiger partial charge is 0.254 e. The van der Waals surface area contributed by atoms with E-state index in [2.05, 4.69) is 57.4 Å². The molecule has 1 amide bonds. The summed E-state index contributed by atoms with van der Waals surface area (Å²) in [6.45, 7) is 14.2. The van der Waals surface area contributed by atoms with Crippen LogP contribution in [0.1, 0.15) is 68.2 Å². The zero-order valence-electron chi connectivity index (χ0n) is 42.0. The highest BCUT2D eigenvalue weighted by atomic mass is 32.1. The summed E-state index contributed by atoms with van der Waals surface area (Å²) < 4.78 is 11.9. The van der Waals surface area contributed by atoms with Gasteiger partial charge in [-0.25, -0.2) is 4.98 Å². The number of piperazine rings is 2. The van der Waals surface area contributed by atoms with Crippen molar-refractivity contribution in [2.24, 2.45) is 5.92 Å². The van der Waals surface area contributed by atoms with Crippen molar-refractivity contribution in [1.29, 1.82) is 0 Å². The Morgan fingerprint density at radius 2 is 1.70 bits per heavy atom. The molecule has 4 aromatic heterocycles. The van der Waals surface area contributed by atoms with Crippen molar-refractivity contribution in [1.82, 2.24) is 45.3 Å². The zero-order valence-corrected chi connectivity index (χ0v) is 42.8. The first-order chi connectivity index (χ1) is 35.4. The van der Waals surface area contributed by atoms with Crippen LogP contribution in [0.15, 0.2) is 89.0 Å². The number of nitrogen functional groups attached to an aromatic ring is 1. The van der Waals surface area contributed by atoms with Gasteiger partial charge in [-0.05, 0) is 98.1 Å². The van der Waals surface area contributed by atoms with Crippen LogP contribution in [0.3, 0.4) is 0 Å². The number of nitrogens with zero attached hydrogens (tertiary/aromatic N) is 10. The number of para-hydroxylation sites is 1. The van der Waals surface area contributed by atoms with Crippen LogP contribution in [0, 0.1) is 12.8 Å². The van der Waals surface area contributed by atoms with E-state index in [-0.39, 0.29) is 30.5 Å². The van der Waals surface area contributed by atoms with E-state index in [9.17, 15) is 20.1 Å². The number of aryl methyl sites for hydroxylation is 2. The molecule has 18 nitrogen and oxygen atoms in total. The van der Waals surface area contributed by atoms with Gasteiger partial charge in [0.25, 0.3) is 5.88 Å². The molecule has 19 heteroatoms. The number of β-amino-alcohol motifs (C(OH)–C–C–N with tert-alkyl or cyclic N) is 1. The Morgan fingerprint density at radius 1 is 0.945 bits per heavy atom. The van der Waals surface area contributed by atoms with Gasteiger partial charge in [0, 0.05) is 100 Å². The van der Waals surface area contributed by atoms with Crippen molar-refractivity contribution < 1.29 is 29.4 Å². The second-order valence-corrected chi connectivity index (χ2v) is 21.2. The first-order valence-corrected chi connectivity index (χ1v) is 26.7. The molecule has 73 heavy (non-hydrogen) atoms. The van der Waals surface area contributed by atoms with Gasteiger partial charge in [-0.3, -0.25) is 19.6 Å². The van der Waals surface area contributed by atoms with Crippen LogP contribution in [0.25, 0.3) is 21.7 Å². The average molecular weight is 1010 g/mol. The number of phenolic OH excluding ortho intramolecular Hbond substituents is 1. The van der Waals surface area contributed by atoms with Gasteiger partial charge in [-0.1, -0.05) is 50.2 Å². The number of carbonyl (C=O) groups is 1. The van der Waals surface area contributed by atoms with Gasteiger partial charge in [0.2, 0.25) is 5.91 Å². The second-order valence-electron chi connectivity index (χ2n) is 20.4. The number of pyridine rings is 1. The summed E-state index contributed by atoms with van der Waals surface area (Å²) in [5, 5.41) is 48.8. The van der Waals surface area contributed by atoms with E-state index in [0.29, 0.717) is 54.0 Å². The van der Waals surface area contributed by atoms with Gasteiger partial charge in [0.1, 0.15) is 24.3 Å². The van der Waals surface area contributed by atoms with Gasteiger partial charge in [0.05, 0.1) is 45.5 Å². The molecule has 4 aliphatic rings. The number of hydrogen-bond donors (Lipinski definition) is 5. The van der Waals surface area contributed by atoms with Crippen LogP contribution in [-0.2, 0) is 17.8 Å². The molecule has 4 aliphatic heterocycles. The molecular weight excluding hydrogens is 945 g/mol. The largest absolute Gasteiger partial charge is 0.507 e. The molecule has 6 N–H and O–H groups in total. The van der Waals surface area contributed by atoms with Crippen LogP contribution < -0.4 is 25.6 Å². The highest BCUT2D eigenvalue weighted by Crippen LogP contribution is 2.40. The van der Waals surface area contributed by atoms with E-state index in [4.69, 9.17) is 20.0 Å². The molecule has 2 bridgehead atoms. The summed E-state index contributed by atoms with van der Waals surface area (Å²) >= 11 is 1.60. The molecule has 8 heterocycles. The number of aliphatic hydroxyl groups is 2. The Morgan fingerprint density at radius 3 is 2.42 bits per heavy atom. The fourth-order valence-corrected chi connectivity index (χ4v) is 12.1. The zero-order chi connectivity index (χ0) is 50.6. The van der Waals surface area contributed by atoms with Crippen LogP contribution in [0.5, 0.6) is 11.6 Å². The summed E-state index contributed by atoms with van der Waals surface area (Å²) in [5.74, 6) is 0.584. The number of nitrogens with one attached hydrogen (secondary N) is 1. The molecule has 10 rings (SSSR count). The molecule has 4 saturated heterocycles. The minimum absolute atomic E-state index is 0.0650. The number of likely N-dealkylation sites (tertiary alicyclic amines) is 1. The molecule has 2 aromatic carbocycles. The lowest BCUT2D eigenvalue weighted by atomic mass is 9.90. The quantitative estimate of drug-likeness (QED) is 0.0673. The number of phenols is 1. The Hall–Kier alpha value is -6.22. The monoisotopic (exact) mass is 1010 g/mol. The standard InChI is InChI=1S/C54H68N12O6S/c1-34(2)50(54(70)65-32-42(67)26-46(65)53(69)57-29-36-10-12-37(13-11-36)51-35(3)58-33-73-51)48-28-49(61-72-48)71-24-23-63-21-19-62(20-22-63)18-6-7-38-25-39(16-17-56-38)66-40-14-15-41(66)31-64(30-40)45-27-44(59-60-52(45)55)43-8-4-5-9-47(43)68/h4-5,8-13,16-17,25,27-28,33-34,40-42,46,50,54,67-68,70H,6-7,14-15,18-24,26,29-32H2,1-3H3,(H2,55,60)(H,57,69)/t40?,41?,42-,46+,50?,54?/m1/s1. The fourth-order valence-electron chi connectivity index (χ4n) is 11.3. The fraction of sp³-hybridized carbons (Fsp3) is 0.481. The Labute approximate surface area is 430 Å². The minimum atomic E-state index is -1.09. The summed E-state index contributed by atoms with van der Waals surface area (Å²) in [5.41, 5.74) is 15.7. The lowest BCUT2D eigenvalue weighted by molar-refractivity contribution is -0.131. The lowest BCUT2D eigenvalue weighted by Gasteiger charge is -2.43. The van der Waals surface area contributed by atoms with E-state index < -0.39 is 24.3 Å². The number of anilines is 3. The molecule has 4 fully saturated rings. The third-order valence-electron chi connectivity index (χ3n) is 15.2. The number of aromatic hydroxyl groups is 1. The summed E-state index contributed by atoms with van der Waals surface area (Å²) in [7, 11) is 0. The second kappa shape index (κ2) is 22.5. The van der Waals surface area contributed by atoms with Gasteiger partial charge in [-0.2, -0.15) is 0 Å². The first kappa shape index (κ1) is 50.3. The topological polar surface area (TPSA) is 219 Å². The van der Waals surface area contributed by atoms with Crippen molar-refractivity contribution in [3.63, 3.8) is 0 Å². The van der Waals surface area contributed by atoms with E-state index in [1.54, 1.807) is 34.4 Å². The first-order valence-electron chi connectivity index (χ1n) is 25.8. The maximum Gasteiger partial charge on any atom is 0.254 e. The maximum absolute atomic E-state index is 13.6. The predicted octanol–water partition coefficient (Wildman–Crippen LogP) is 5.54. The van der Waals surface area contributed by atoms with Crippen molar-refractivity contribution in [3.8, 4) is 33.3 Å². The number of aliphatic hydroxyl groups excluding tert-OH is 2. The van der Waals surface area contributed by atoms with E-state index in [1.165, 1.54) is 5.69 Å².